The average Bonchev–Trinajstić information content (AvgIpc) is 2.68. The minimum Gasteiger partial charge on any atom is -0.326 e. The molecule has 3 heteroatoms. The van der Waals surface area contributed by atoms with Crippen molar-refractivity contribution in [3.8, 4) is 0 Å². The number of hydrogen-bond donors (Lipinski definition) is 1. The SMILES string of the molecule is Cc1cc(F)ccc1CC(N)C1(N(C)C)CCCCCC1. The first-order valence-electron chi connectivity index (χ1n) is 8.14. The van der Waals surface area contributed by atoms with Crippen LogP contribution in [-0.2, 0) is 6.42 Å². The third kappa shape index (κ3) is 3.64. The molecule has 0 amide bonds. The normalized spacial score (nSPS) is 20.3. The van der Waals surface area contributed by atoms with Crippen molar-refractivity contribution in [1.29, 1.82) is 0 Å². The van der Waals surface area contributed by atoms with Crippen molar-refractivity contribution in [2.24, 2.45) is 5.73 Å². The highest BCUT2D eigenvalue weighted by molar-refractivity contribution is 5.28. The summed E-state index contributed by atoms with van der Waals surface area (Å²) in [6.07, 6.45) is 8.31. The minimum absolute atomic E-state index is 0.0807. The largest absolute Gasteiger partial charge is 0.326 e. The van der Waals surface area contributed by atoms with Gasteiger partial charge in [0.2, 0.25) is 0 Å². The Morgan fingerprint density at radius 1 is 1.19 bits per heavy atom. The summed E-state index contributed by atoms with van der Waals surface area (Å²) in [4.78, 5) is 2.34. The molecule has 2 N–H and O–H groups in total. The first-order valence-corrected chi connectivity index (χ1v) is 8.14. The van der Waals surface area contributed by atoms with Gasteiger partial charge in [-0.2, -0.15) is 0 Å². The molecule has 2 nitrogen and oxygen atoms in total. The van der Waals surface area contributed by atoms with Gasteiger partial charge in [-0.1, -0.05) is 31.7 Å². The predicted molar refractivity (Wildman–Crippen MR) is 86.9 cm³/mol. The number of halogens is 1. The molecule has 0 radical (unpaired) electrons. The molecule has 0 bridgehead atoms. The maximum absolute atomic E-state index is 13.3. The quantitative estimate of drug-likeness (QED) is 0.858. The molecular formula is C18H29FN2. The van der Waals surface area contributed by atoms with E-state index < -0.39 is 0 Å². The monoisotopic (exact) mass is 292 g/mol. The topological polar surface area (TPSA) is 29.3 Å². The molecule has 1 saturated carbocycles. The van der Waals surface area contributed by atoms with Gasteiger partial charge in [-0.05, 0) is 63.5 Å². The van der Waals surface area contributed by atoms with Crippen LogP contribution in [0.1, 0.15) is 49.7 Å². The van der Waals surface area contributed by atoms with Gasteiger partial charge in [-0.15, -0.1) is 0 Å². The number of rotatable bonds is 4. The Kier molecular flexibility index (Phi) is 5.39. The summed E-state index contributed by atoms with van der Waals surface area (Å²) in [5.74, 6) is -0.165. The molecule has 21 heavy (non-hydrogen) atoms. The number of likely N-dealkylation sites (N-methyl/N-ethyl adjacent to an activating group) is 1. The van der Waals surface area contributed by atoms with Crippen LogP contribution in [0.4, 0.5) is 4.39 Å². The van der Waals surface area contributed by atoms with Gasteiger partial charge in [0, 0.05) is 11.6 Å². The molecule has 118 valence electrons. The van der Waals surface area contributed by atoms with E-state index in [0.717, 1.165) is 12.0 Å². The Morgan fingerprint density at radius 3 is 2.33 bits per heavy atom. The minimum atomic E-state index is -0.165. The zero-order valence-electron chi connectivity index (χ0n) is 13.7. The zero-order chi connectivity index (χ0) is 15.5. The van der Waals surface area contributed by atoms with Crippen molar-refractivity contribution >= 4 is 0 Å². The highest BCUT2D eigenvalue weighted by Crippen LogP contribution is 2.34. The van der Waals surface area contributed by atoms with Crippen molar-refractivity contribution in [1.82, 2.24) is 4.90 Å². The molecule has 1 aliphatic rings. The average molecular weight is 292 g/mol. The summed E-state index contributed by atoms with van der Waals surface area (Å²) in [5, 5.41) is 0. The van der Waals surface area contributed by atoms with E-state index in [4.69, 9.17) is 5.73 Å². The fourth-order valence-corrected chi connectivity index (χ4v) is 3.81. The van der Waals surface area contributed by atoms with Crippen molar-refractivity contribution in [2.75, 3.05) is 14.1 Å². The molecule has 0 aliphatic heterocycles. The second-order valence-corrected chi connectivity index (χ2v) is 6.79. The smallest absolute Gasteiger partial charge is 0.123 e. The summed E-state index contributed by atoms with van der Waals surface area (Å²) in [5.41, 5.74) is 8.92. The standard InChI is InChI=1S/C18H29FN2/c1-14-12-16(19)9-8-15(14)13-17(20)18(21(2)3)10-6-4-5-7-11-18/h8-9,12,17H,4-7,10-11,13,20H2,1-3H3. The molecule has 1 fully saturated rings. The van der Waals surface area contributed by atoms with Gasteiger partial charge in [-0.3, -0.25) is 0 Å². The number of aryl methyl sites for hydroxylation is 1. The molecule has 1 atom stereocenters. The summed E-state index contributed by atoms with van der Waals surface area (Å²) in [6.45, 7) is 1.97. The van der Waals surface area contributed by atoms with E-state index in [2.05, 4.69) is 19.0 Å². The van der Waals surface area contributed by atoms with Crippen molar-refractivity contribution in [3.05, 3.63) is 35.1 Å². The fourth-order valence-electron chi connectivity index (χ4n) is 3.81. The Labute approximate surface area is 128 Å². The Bertz CT molecular complexity index is 462. The highest BCUT2D eigenvalue weighted by Gasteiger charge is 2.38. The van der Waals surface area contributed by atoms with Gasteiger partial charge in [-0.25, -0.2) is 4.39 Å². The van der Waals surface area contributed by atoms with E-state index in [1.165, 1.54) is 44.1 Å². The van der Waals surface area contributed by atoms with Gasteiger partial charge in [0.05, 0.1) is 0 Å². The van der Waals surface area contributed by atoms with Crippen LogP contribution in [0.25, 0.3) is 0 Å². The summed E-state index contributed by atoms with van der Waals surface area (Å²) < 4.78 is 13.3. The lowest BCUT2D eigenvalue weighted by Crippen LogP contribution is -2.58. The van der Waals surface area contributed by atoms with Gasteiger partial charge in [0.15, 0.2) is 0 Å². The number of benzene rings is 1. The van der Waals surface area contributed by atoms with Crippen LogP contribution in [0.15, 0.2) is 18.2 Å². The van der Waals surface area contributed by atoms with Crippen LogP contribution in [-0.4, -0.2) is 30.6 Å². The van der Waals surface area contributed by atoms with Crippen molar-refractivity contribution in [2.45, 2.75) is 63.5 Å². The Hall–Kier alpha value is -0.930. The van der Waals surface area contributed by atoms with Gasteiger partial charge in [0.25, 0.3) is 0 Å². The van der Waals surface area contributed by atoms with Crippen LogP contribution in [0.5, 0.6) is 0 Å². The molecule has 0 aromatic heterocycles. The van der Waals surface area contributed by atoms with E-state index in [9.17, 15) is 4.39 Å². The van der Waals surface area contributed by atoms with E-state index in [1.807, 2.05) is 13.0 Å². The van der Waals surface area contributed by atoms with Crippen molar-refractivity contribution < 1.29 is 4.39 Å². The Morgan fingerprint density at radius 2 is 1.81 bits per heavy atom. The first kappa shape index (κ1) is 16.4. The van der Waals surface area contributed by atoms with Gasteiger partial charge < -0.3 is 10.6 Å². The lowest BCUT2D eigenvalue weighted by molar-refractivity contribution is 0.0967. The Balaban J connectivity index is 2.20. The van der Waals surface area contributed by atoms with E-state index in [0.29, 0.717) is 0 Å². The molecule has 0 heterocycles. The number of nitrogens with zero attached hydrogens (tertiary/aromatic N) is 1. The fraction of sp³-hybridized carbons (Fsp3) is 0.667. The van der Waals surface area contributed by atoms with E-state index in [-0.39, 0.29) is 17.4 Å². The molecule has 0 saturated heterocycles. The summed E-state index contributed by atoms with van der Waals surface area (Å²) in [6, 6.07) is 5.14. The molecular weight excluding hydrogens is 263 g/mol. The summed E-state index contributed by atoms with van der Waals surface area (Å²) in [7, 11) is 4.31. The second-order valence-electron chi connectivity index (χ2n) is 6.79. The maximum Gasteiger partial charge on any atom is 0.123 e. The first-order chi connectivity index (χ1) is 9.95. The van der Waals surface area contributed by atoms with E-state index in [1.54, 1.807) is 12.1 Å². The third-order valence-electron chi connectivity index (χ3n) is 5.29. The second kappa shape index (κ2) is 6.89. The molecule has 1 aromatic carbocycles. The molecule has 1 aromatic rings. The van der Waals surface area contributed by atoms with Crippen LogP contribution in [0.3, 0.4) is 0 Å². The molecule has 2 rings (SSSR count). The lowest BCUT2D eigenvalue weighted by atomic mass is 9.78. The molecule has 1 unspecified atom stereocenters. The zero-order valence-corrected chi connectivity index (χ0v) is 13.7. The number of hydrogen-bond acceptors (Lipinski definition) is 2. The predicted octanol–water partition coefficient (Wildman–Crippen LogP) is 3.66. The van der Waals surface area contributed by atoms with Gasteiger partial charge in [0.1, 0.15) is 5.82 Å². The number of nitrogens with two attached hydrogens (primary N) is 1. The maximum atomic E-state index is 13.3. The van der Waals surface area contributed by atoms with Crippen LogP contribution < -0.4 is 5.73 Å². The van der Waals surface area contributed by atoms with Crippen LogP contribution >= 0.6 is 0 Å². The van der Waals surface area contributed by atoms with E-state index >= 15 is 0 Å². The molecule has 1 aliphatic carbocycles. The third-order valence-corrected chi connectivity index (χ3v) is 5.29. The lowest BCUT2D eigenvalue weighted by Gasteiger charge is -2.44. The van der Waals surface area contributed by atoms with Crippen LogP contribution in [0, 0.1) is 12.7 Å². The van der Waals surface area contributed by atoms with Crippen LogP contribution in [0.2, 0.25) is 0 Å². The van der Waals surface area contributed by atoms with Gasteiger partial charge >= 0.3 is 0 Å². The van der Waals surface area contributed by atoms with Crippen molar-refractivity contribution in [3.63, 3.8) is 0 Å². The summed E-state index contributed by atoms with van der Waals surface area (Å²) >= 11 is 0. The molecule has 0 spiro atoms. The highest BCUT2D eigenvalue weighted by atomic mass is 19.1.